The first kappa shape index (κ1) is 14.0. The van der Waals surface area contributed by atoms with E-state index in [0.717, 1.165) is 50.6 Å². The van der Waals surface area contributed by atoms with Gasteiger partial charge in [0.2, 0.25) is 0 Å². The SMILES string of the molecule is COCCNCCCNCc1cnc(C)cn1. The molecule has 0 atom stereocenters. The minimum absolute atomic E-state index is 0.770. The maximum atomic E-state index is 4.94. The Morgan fingerprint density at radius 3 is 2.65 bits per heavy atom. The van der Waals surface area contributed by atoms with Gasteiger partial charge in [-0.05, 0) is 26.4 Å². The average Bonchev–Trinajstić information content (AvgIpc) is 2.35. The van der Waals surface area contributed by atoms with Gasteiger partial charge in [0.1, 0.15) is 0 Å². The highest BCUT2D eigenvalue weighted by molar-refractivity contribution is 4.99. The third-order valence-corrected chi connectivity index (χ3v) is 2.33. The highest BCUT2D eigenvalue weighted by atomic mass is 16.5. The summed E-state index contributed by atoms with van der Waals surface area (Å²) in [5.74, 6) is 0. The first-order chi connectivity index (χ1) is 8.33. The summed E-state index contributed by atoms with van der Waals surface area (Å²) in [7, 11) is 1.71. The van der Waals surface area contributed by atoms with Crippen LogP contribution < -0.4 is 10.6 Å². The molecular weight excluding hydrogens is 216 g/mol. The third-order valence-electron chi connectivity index (χ3n) is 2.33. The van der Waals surface area contributed by atoms with Gasteiger partial charge in [-0.1, -0.05) is 0 Å². The molecular formula is C12H22N4O. The lowest BCUT2D eigenvalue weighted by Crippen LogP contribution is -2.24. The number of rotatable bonds is 9. The minimum Gasteiger partial charge on any atom is -0.383 e. The molecule has 0 fully saturated rings. The monoisotopic (exact) mass is 238 g/mol. The number of nitrogens with zero attached hydrogens (tertiary/aromatic N) is 2. The smallest absolute Gasteiger partial charge is 0.0724 e. The Kier molecular flexibility index (Phi) is 7.46. The molecule has 0 saturated heterocycles. The van der Waals surface area contributed by atoms with Crippen molar-refractivity contribution in [3.8, 4) is 0 Å². The van der Waals surface area contributed by atoms with Crippen molar-refractivity contribution in [3.63, 3.8) is 0 Å². The summed E-state index contributed by atoms with van der Waals surface area (Å²) in [5.41, 5.74) is 1.94. The minimum atomic E-state index is 0.770. The summed E-state index contributed by atoms with van der Waals surface area (Å²) in [4.78, 5) is 8.48. The molecule has 1 aromatic rings. The van der Waals surface area contributed by atoms with E-state index in [1.807, 2.05) is 13.1 Å². The van der Waals surface area contributed by atoms with Crippen LogP contribution in [-0.2, 0) is 11.3 Å². The number of methoxy groups -OCH3 is 1. The quantitative estimate of drug-likeness (QED) is 0.614. The molecule has 0 unspecified atom stereocenters. The van der Waals surface area contributed by atoms with Crippen molar-refractivity contribution in [1.82, 2.24) is 20.6 Å². The van der Waals surface area contributed by atoms with E-state index in [9.17, 15) is 0 Å². The molecule has 0 saturated carbocycles. The molecule has 1 rings (SSSR count). The maximum Gasteiger partial charge on any atom is 0.0724 e. The number of aromatic nitrogens is 2. The molecule has 1 aromatic heterocycles. The Balaban J connectivity index is 1.95. The first-order valence-electron chi connectivity index (χ1n) is 6.01. The van der Waals surface area contributed by atoms with E-state index < -0.39 is 0 Å². The van der Waals surface area contributed by atoms with Crippen molar-refractivity contribution in [3.05, 3.63) is 23.8 Å². The van der Waals surface area contributed by atoms with E-state index in [1.54, 1.807) is 13.3 Å². The number of ether oxygens (including phenoxy) is 1. The average molecular weight is 238 g/mol. The molecule has 2 N–H and O–H groups in total. The Hall–Kier alpha value is -1.04. The van der Waals surface area contributed by atoms with Crippen LogP contribution in [0.4, 0.5) is 0 Å². The Labute approximate surface area is 103 Å². The molecule has 0 aromatic carbocycles. The fraction of sp³-hybridized carbons (Fsp3) is 0.667. The number of hydrogen-bond acceptors (Lipinski definition) is 5. The van der Waals surface area contributed by atoms with Crippen molar-refractivity contribution in [1.29, 1.82) is 0 Å². The van der Waals surface area contributed by atoms with Gasteiger partial charge in [-0.15, -0.1) is 0 Å². The second-order valence-corrected chi connectivity index (χ2v) is 3.92. The summed E-state index contributed by atoms with van der Waals surface area (Å²) in [6.07, 6.45) is 4.71. The maximum absolute atomic E-state index is 4.94. The lowest BCUT2D eigenvalue weighted by molar-refractivity contribution is 0.199. The van der Waals surface area contributed by atoms with Crippen LogP contribution in [-0.4, -0.2) is 43.3 Å². The molecule has 0 radical (unpaired) electrons. The van der Waals surface area contributed by atoms with Gasteiger partial charge in [0, 0.05) is 32.6 Å². The van der Waals surface area contributed by atoms with Crippen LogP contribution in [0.25, 0.3) is 0 Å². The highest BCUT2D eigenvalue weighted by Gasteiger charge is 1.94. The van der Waals surface area contributed by atoms with Gasteiger partial charge in [-0.25, -0.2) is 0 Å². The topological polar surface area (TPSA) is 59.1 Å². The zero-order valence-electron chi connectivity index (χ0n) is 10.7. The Morgan fingerprint density at radius 2 is 1.94 bits per heavy atom. The summed E-state index contributed by atoms with van der Waals surface area (Å²) in [6, 6.07) is 0. The van der Waals surface area contributed by atoms with Gasteiger partial charge in [0.05, 0.1) is 18.0 Å². The second-order valence-electron chi connectivity index (χ2n) is 3.92. The normalized spacial score (nSPS) is 10.7. The van der Waals surface area contributed by atoms with E-state index in [-0.39, 0.29) is 0 Å². The summed E-state index contributed by atoms with van der Waals surface area (Å²) < 4.78 is 4.94. The van der Waals surface area contributed by atoms with Gasteiger partial charge in [0.15, 0.2) is 0 Å². The predicted molar refractivity (Wildman–Crippen MR) is 67.8 cm³/mol. The second kappa shape index (κ2) is 9.04. The van der Waals surface area contributed by atoms with Gasteiger partial charge >= 0.3 is 0 Å². The van der Waals surface area contributed by atoms with Crippen molar-refractivity contribution in [2.75, 3.05) is 33.4 Å². The van der Waals surface area contributed by atoms with Crippen molar-refractivity contribution in [2.45, 2.75) is 19.9 Å². The largest absolute Gasteiger partial charge is 0.383 e. The Bertz CT molecular complexity index is 289. The molecule has 5 heteroatoms. The molecule has 5 nitrogen and oxygen atoms in total. The summed E-state index contributed by atoms with van der Waals surface area (Å²) >= 11 is 0. The van der Waals surface area contributed by atoms with Crippen LogP contribution in [0.2, 0.25) is 0 Å². The van der Waals surface area contributed by atoms with E-state index in [1.165, 1.54) is 0 Å². The number of aryl methyl sites for hydroxylation is 1. The van der Waals surface area contributed by atoms with Crippen LogP contribution in [0, 0.1) is 6.92 Å². The molecule has 0 bridgehead atoms. The Morgan fingerprint density at radius 1 is 1.12 bits per heavy atom. The molecule has 0 amide bonds. The van der Waals surface area contributed by atoms with Crippen LogP contribution >= 0.6 is 0 Å². The van der Waals surface area contributed by atoms with Gasteiger partial charge < -0.3 is 15.4 Å². The van der Waals surface area contributed by atoms with Gasteiger partial charge in [0.25, 0.3) is 0 Å². The predicted octanol–water partition coefficient (Wildman–Crippen LogP) is 0.501. The molecule has 96 valence electrons. The van der Waals surface area contributed by atoms with Crippen LogP contribution in [0.15, 0.2) is 12.4 Å². The van der Waals surface area contributed by atoms with Crippen molar-refractivity contribution >= 4 is 0 Å². The fourth-order valence-corrected chi connectivity index (χ4v) is 1.36. The van der Waals surface area contributed by atoms with E-state index in [2.05, 4.69) is 20.6 Å². The molecule has 0 aliphatic carbocycles. The van der Waals surface area contributed by atoms with Crippen LogP contribution in [0.3, 0.4) is 0 Å². The highest BCUT2D eigenvalue weighted by Crippen LogP contribution is 1.92. The zero-order valence-corrected chi connectivity index (χ0v) is 10.7. The standard InChI is InChI=1S/C12H22N4O/c1-11-8-16-12(10-15-11)9-14-5-3-4-13-6-7-17-2/h8,10,13-14H,3-7,9H2,1-2H3. The number of hydrogen-bond donors (Lipinski definition) is 2. The molecule has 0 aliphatic rings. The summed E-state index contributed by atoms with van der Waals surface area (Å²) in [6.45, 7) is 6.40. The lowest BCUT2D eigenvalue weighted by Gasteiger charge is -2.05. The molecule has 17 heavy (non-hydrogen) atoms. The fourth-order valence-electron chi connectivity index (χ4n) is 1.36. The number of nitrogens with one attached hydrogen (secondary N) is 2. The van der Waals surface area contributed by atoms with E-state index >= 15 is 0 Å². The first-order valence-corrected chi connectivity index (χ1v) is 6.01. The van der Waals surface area contributed by atoms with E-state index in [4.69, 9.17) is 4.74 Å². The van der Waals surface area contributed by atoms with Crippen molar-refractivity contribution < 1.29 is 4.74 Å². The summed E-state index contributed by atoms with van der Waals surface area (Å²) in [5, 5.41) is 6.64. The lowest BCUT2D eigenvalue weighted by atomic mass is 10.3. The molecule has 0 aliphatic heterocycles. The molecule has 0 spiro atoms. The van der Waals surface area contributed by atoms with Crippen LogP contribution in [0.1, 0.15) is 17.8 Å². The molecule has 1 heterocycles. The van der Waals surface area contributed by atoms with Crippen molar-refractivity contribution in [2.24, 2.45) is 0 Å². The van der Waals surface area contributed by atoms with E-state index in [0.29, 0.717) is 0 Å². The van der Waals surface area contributed by atoms with Gasteiger partial charge in [-0.3, -0.25) is 9.97 Å². The zero-order chi connectivity index (χ0) is 12.3. The third kappa shape index (κ3) is 6.99. The van der Waals surface area contributed by atoms with Gasteiger partial charge in [-0.2, -0.15) is 0 Å². The van der Waals surface area contributed by atoms with Crippen LogP contribution in [0.5, 0.6) is 0 Å².